The molecule has 0 fully saturated rings. The van der Waals surface area contributed by atoms with Gasteiger partial charge in [0, 0.05) is 12.2 Å². The summed E-state index contributed by atoms with van der Waals surface area (Å²) in [5.74, 6) is -1.79. The molecule has 0 aliphatic carbocycles. The van der Waals surface area contributed by atoms with E-state index in [9.17, 15) is 14.4 Å². The molecule has 0 spiro atoms. The van der Waals surface area contributed by atoms with Gasteiger partial charge < -0.3 is 15.0 Å². The van der Waals surface area contributed by atoms with Crippen molar-refractivity contribution in [2.75, 3.05) is 0 Å². The molecular weight excluding hydrogens is 272 g/mol. The normalized spacial score (nSPS) is 12.0. The van der Waals surface area contributed by atoms with Gasteiger partial charge >= 0.3 is 5.97 Å². The Morgan fingerprint density at radius 3 is 2.52 bits per heavy atom. The van der Waals surface area contributed by atoms with Crippen molar-refractivity contribution in [3.05, 3.63) is 33.2 Å². The van der Waals surface area contributed by atoms with E-state index in [1.165, 1.54) is 13.0 Å². The van der Waals surface area contributed by atoms with Crippen LogP contribution < -0.4 is 10.9 Å². The number of carbonyl (C=O) groups excluding carboxylic acids is 1. The van der Waals surface area contributed by atoms with Crippen molar-refractivity contribution in [3.63, 3.8) is 0 Å². The van der Waals surface area contributed by atoms with Crippen LogP contribution in [0.2, 0.25) is 0 Å². The van der Waals surface area contributed by atoms with Crippen LogP contribution in [0.1, 0.15) is 48.3 Å². The second-order valence-electron chi connectivity index (χ2n) is 5.17. The lowest BCUT2D eigenvalue weighted by Crippen LogP contribution is -2.41. The molecule has 2 N–H and O–H groups in total. The smallest absolute Gasteiger partial charge is 0.325 e. The van der Waals surface area contributed by atoms with E-state index in [-0.39, 0.29) is 11.1 Å². The van der Waals surface area contributed by atoms with E-state index < -0.39 is 17.9 Å². The number of rotatable bonds is 6. The number of carbonyl (C=O) groups is 2. The Hall–Kier alpha value is -2.11. The third-order valence-electron chi connectivity index (χ3n) is 3.51. The summed E-state index contributed by atoms with van der Waals surface area (Å²) in [6.07, 6.45) is 1.79. The molecule has 0 aliphatic heterocycles. The van der Waals surface area contributed by atoms with Gasteiger partial charge in [0.15, 0.2) is 0 Å². The zero-order chi connectivity index (χ0) is 16.2. The first-order valence-corrected chi connectivity index (χ1v) is 7.04. The van der Waals surface area contributed by atoms with E-state index in [1.54, 1.807) is 4.57 Å². The standard InChI is InChI=1S/C15H22N2O4/c1-5-6-7-17-11(4)9(2)8-12(14(17)19)13(18)16-10(3)15(20)21/h8,10H,5-7H2,1-4H3,(H,16,18)(H,20,21)/t10-/m0/s1. The number of carboxylic acid groups (broad SMARTS) is 1. The average molecular weight is 294 g/mol. The second-order valence-corrected chi connectivity index (χ2v) is 5.17. The maximum absolute atomic E-state index is 12.4. The molecule has 0 aliphatic rings. The number of amides is 1. The minimum absolute atomic E-state index is 0.0118. The fourth-order valence-corrected chi connectivity index (χ4v) is 1.98. The molecule has 1 atom stereocenters. The molecule has 1 heterocycles. The van der Waals surface area contributed by atoms with Crippen LogP contribution in [0.3, 0.4) is 0 Å². The zero-order valence-corrected chi connectivity index (χ0v) is 12.9. The summed E-state index contributed by atoms with van der Waals surface area (Å²) in [7, 11) is 0. The van der Waals surface area contributed by atoms with Crippen LogP contribution in [-0.4, -0.2) is 27.6 Å². The number of aryl methyl sites for hydroxylation is 1. The minimum Gasteiger partial charge on any atom is -0.480 e. The van der Waals surface area contributed by atoms with Gasteiger partial charge in [0.2, 0.25) is 0 Å². The van der Waals surface area contributed by atoms with E-state index in [0.29, 0.717) is 6.54 Å². The predicted molar refractivity (Wildman–Crippen MR) is 79.6 cm³/mol. The largest absolute Gasteiger partial charge is 0.480 e. The Labute approximate surface area is 123 Å². The van der Waals surface area contributed by atoms with Gasteiger partial charge in [-0.25, -0.2) is 0 Å². The van der Waals surface area contributed by atoms with Crippen LogP contribution in [0.25, 0.3) is 0 Å². The van der Waals surface area contributed by atoms with Gasteiger partial charge in [-0.05, 0) is 38.8 Å². The van der Waals surface area contributed by atoms with Gasteiger partial charge in [0.1, 0.15) is 11.6 Å². The van der Waals surface area contributed by atoms with Crippen LogP contribution in [0.15, 0.2) is 10.9 Å². The number of carboxylic acids is 1. The van der Waals surface area contributed by atoms with Gasteiger partial charge in [-0.3, -0.25) is 14.4 Å². The zero-order valence-electron chi connectivity index (χ0n) is 12.9. The fraction of sp³-hybridized carbons (Fsp3) is 0.533. The Morgan fingerprint density at radius 2 is 2.00 bits per heavy atom. The fourth-order valence-electron chi connectivity index (χ4n) is 1.98. The van der Waals surface area contributed by atoms with Crippen LogP contribution in [0.4, 0.5) is 0 Å². The highest BCUT2D eigenvalue weighted by atomic mass is 16.4. The van der Waals surface area contributed by atoms with Gasteiger partial charge in [0.25, 0.3) is 11.5 Å². The van der Waals surface area contributed by atoms with Crippen molar-refractivity contribution in [2.45, 2.75) is 53.1 Å². The van der Waals surface area contributed by atoms with Crippen molar-refractivity contribution in [3.8, 4) is 0 Å². The molecule has 0 saturated heterocycles. The predicted octanol–water partition coefficient (Wildman–Crippen LogP) is 1.47. The molecule has 1 aromatic rings. The SMILES string of the molecule is CCCCn1c(C)c(C)cc(C(=O)N[C@@H](C)C(=O)O)c1=O. The number of aromatic nitrogens is 1. The molecular formula is C15H22N2O4. The lowest BCUT2D eigenvalue weighted by molar-refractivity contribution is -0.138. The highest BCUT2D eigenvalue weighted by Crippen LogP contribution is 2.08. The lowest BCUT2D eigenvalue weighted by atomic mass is 10.1. The third kappa shape index (κ3) is 3.93. The number of nitrogens with zero attached hydrogens (tertiary/aromatic N) is 1. The van der Waals surface area contributed by atoms with Crippen LogP contribution in [0.5, 0.6) is 0 Å². The molecule has 1 amide bonds. The maximum atomic E-state index is 12.4. The first-order chi connectivity index (χ1) is 9.79. The van der Waals surface area contributed by atoms with E-state index in [2.05, 4.69) is 5.32 Å². The summed E-state index contributed by atoms with van der Waals surface area (Å²) in [4.78, 5) is 35.3. The van der Waals surface area contributed by atoms with Crippen molar-refractivity contribution in [1.29, 1.82) is 0 Å². The van der Waals surface area contributed by atoms with Crippen molar-refractivity contribution in [2.24, 2.45) is 0 Å². The number of hydrogen-bond donors (Lipinski definition) is 2. The van der Waals surface area contributed by atoms with E-state index in [1.807, 2.05) is 20.8 Å². The Balaban J connectivity index is 3.19. The summed E-state index contributed by atoms with van der Waals surface area (Å²) >= 11 is 0. The van der Waals surface area contributed by atoms with E-state index in [0.717, 1.165) is 24.1 Å². The molecule has 0 aromatic carbocycles. The van der Waals surface area contributed by atoms with Crippen LogP contribution >= 0.6 is 0 Å². The van der Waals surface area contributed by atoms with E-state index >= 15 is 0 Å². The summed E-state index contributed by atoms with van der Waals surface area (Å²) in [6, 6.07) is 0.479. The second kappa shape index (κ2) is 7.06. The third-order valence-corrected chi connectivity index (χ3v) is 3.51. The number of hydrogen-bond acceptors (Lipinski definition) is 3. The van der Waals surface area contributed by atoms with Crippen molar-refractivity contribution in [1.82, 2.24) is 9.88 Å². The van der Waals surface area contributed by atoms with E-state index in [4.69, 9.17) is 5.11 Å². The summed E-state index contributed by atoms with van der Waals surface area (Å²) < 4.78 is 1.58. The number of aliphatic carboxylic acids is 1. The Bertz CT molecular complexity index is 604. The van der Waals surface area contributed by atoms with Crippen molar-refractivity contribution >= 4 is 11.9 Å². The summed E-state index contributed by atoms with van der Waals surface area (Å²) in [5.41, 5.74) is 1.28. The number of pyridine rings is 1. The van der Waals surface area contributed by atoms with Gasteiger partial charge in [-0.2, -0.15) is 0 Å². The molecule has 6 heteroatoms. The quantitative estimate of drug-likeness (QED) is 0.831. The number of unbranched alkanes of at least 4 members (excludes halogenated alkanes) is 1. The molecule has 6 nitrogen and oxygen atoms in total. The molecule has 0 unspecified atom stereocenters. The Morgan fingerprint density at radius 1 is 1.38 bits per heavy atom. The number of nitrogens with one attached hydrogen (secondary N) is 1. The molecule has 1 aromatic heterocycles. The topological polar surface area (TPSA) is 88.4 Å². The van der Waals surface area contributed by atoms with Gasteiger partial charge in [-0.1, -0.05) is 13.3 Å². The molecule has 0 bridgehead atoms. The first kappa shape index (κ1) is 16.9. The monoisotopic (exact) mass is 294 g/mol. The lowest BCUT2D eigenvalue weighted by Gasteiger charge is -2.15. The van der Waals surface area contributed by atoms with Gasteiger partial charge in [-0.15, -0.1) is 0 Å². The summed E-state index contributed by atoms with van der Waals surface area (Å²) in [5, 5.41) is 11.1. The maximum Gasteiger partial charge on any atom is 0.325 e. The highest BCUT2D eigenvalue weighted by Gasteiger charge is 2.20. The molecule has 21 heavy (non-hydrogen) atoms. The highest BCUT2D eigenvalue weighted by molar-refractivity contribution is 5.96. The molecule has 0 saturated carbocycles. The van der Waals surface area contributed by atoms with Crippen LogP contribution in [-0.2, 0) is 11.3 Å². The minimum atomic E-state index is -1.14. The summed E-state index contributed by atoms with van der Waals surface area (Å²) in [6.45, 7) is 7.61. The van der Waals surface area contributed by atoms with Crippen molar-refractivity contribution < 1.29 is 14.7 Å². The van der Waals surface area contributed by atoms with Crippen LogP contribution in [0, 0.1) is 13.8 Å². The molecule has 0 radical (unpaired) electrons. The first-order valence-electron chi connectivity index (χ1n) is 7.04. The molecule has 1 rings (SSSR count). The average Bonchev–Trinajstić information content (AvgIpc) is 2.42. The molecule has 116 valence electrons. The Kier molecular flexibility index (Phi) is 5.69. The van der Waals surface area contributed by atoms with Gasteiger partial charge in [0.05, 0.1) is 0 Å².